The van der Waals surface area contributed by atoms with Crippen LogP contribution in [0.5, 0.6) is 0 Å². The highest BCUT2D eigenvalue weighted by atomic mass is 32.2. The summed E-state index contributed by atoms with van der Waals surface area (Å²) in [6.07, 6.45) is 1.40. The fourth-order valence-electron chi connectivity index (χ4n) is 1.58. The number of amides is 1. The minimum absolute atomic E-state index is 0.0146. The van der Waals surface area contributed by atoms with Crippen LogP contribution in [0.3, 0.4) is 0 Å². The van der Waals surface area contributed by atoms with Gasteiger partial charge >= 0.3 is 0 Å². The lowest BCUT2D eigenvalue weighted by Gasteiger charge is -2.20. The first-order valence-corrected chi connectivity index (χ1v) is 6.62. The molecule has 0 bridgehead atoms. The molecule has 100 valence electrons. The largest absolute Gasteiger partial charge is 0.336 e. The molecule has 0 fully saturated rings. The van der Waals surface area contributed by atoms with Crippen molar-refractivity contribution in [3.05, 3.63) is 36.7 Å². The number of benzene rings is 1. The van der Waals surface area contributed by atoms with E-state index in [0.29, 0.717) is 5.16 Å². The van der Waals surface area contributed by atoms with E-state index < -0.39 is 0 Å². The molecule has 19 heavy (non-hydrogen) atoms. The second-order valence-corrected chi connectivity index (χ2v) is 5.32. The van der Waals surface area contributed by atoms with Gasteiger partial charge in [-0.25, -0.2) is 4.68 Å². The quantitative estimate of drug-likeness (QED) is 0.669. The summed E-state index contributed by atoms with van der Waals surface area (Å²) in [6.45, 7) is 1.82. The zero-order chi connectivity index (χ0) is 13.8. The molecule has 1 aromatic carbocycles. The molecule has 2 N–H and O–H groups in total. The molecule has 7 heteroatoms. The lowest BCUT2D eigenvalue weighted by atomic mass is 10.3. The van der Waals surface area contributed by atoms with Crippen LogP contribution < -0.4 is 10.7 Å². The van der Waals surface area contributed by atoms with E-state index in [4.69, 9.17) is 5.84 Å². The first-order valence-electron chi connectivity index (χ1n) is 5.74. The second kappa shape index (κ2) is 5.75. The minimum atomic E-state index is -0.295. The van der Waals surface area contributed by atoms with Crippen molar-refractivity contribution in [2.45, 2.75) is 17.3 Å². The van der Waals surface area contributed by atoms with Crippen LogP contribution >= 0.6 is 11.8 Å². The Morgan fingerprint density at radius 2 is 2.11 bits per heavy atom. The van der Waals surface area contributed by atoms with Crippen LogP contribution in [0.25, 0.3) is 0 Å². The lowest BCUT2D eigenvalue weighted by Crippen LogP contribution is -2.33. The molecule has 0 aliphatic carbocycles. The number of carbonyl (C=O) groups is 1. The van der Waals surface area contributed by atoms with Crippen LogP contribution in [-0.2, 0) is 4.79 Å². The molecule has 0 aliphatic rings. The molecule has 0 unspecified atom stereocenters. The van der Waals surface area contributed by atoms with Gasteiger partial charge in [0.25, 0.3) is 0 Å². The van der Waals surface area contributed by atoms with Crippen LogP contribution in [-0.4, -0.2) is 33.1 Å². The van der Waals surface area contributed by atoms with Gasteiger partial charge in [0.1, 0.15) is 6.33 Å². The number of anilines is 1. The summed E-state index contributed by atoms with van der Waals surface area (Å²) in [7, 11) is 1.75. The molecule has 0 saturated carbocycles. The Hall–Kier alpha value is -2.02. The third kappa shape index (κ3) is 3.05. The van der Waals surface area contributed by atoms with Crippen LogP contribution in [0.4, 0.5) is 5.69 Å². The Balaban J connectivity index is 2.05. The maximum Gasteiger partial charge on any atom is 0.240 e. The Labute approximate surface area is 115 Å². The molecule has 2 aromatic rings. The van der Waals surface area contributed by atoms with Crippen molar-refractivity contribution in [2.75, 3.05) is 17.8 Å². The van der Waals surface area contributed by atoms with Gasteiger partial charge in [-0.3, -0.25) is 4.79 Å². The highest BCUT2D eigenvalue weighted by Crippen LogP contribution is 2.22. The monoisotopic (exact) mass is 277 g/mol. The molecule has 2 rings (SSSR count). The summed E-state index contributed by atoms with van der Waals surface area (Å²) in [5, 5.41) is 7.75. The fourth-order valence-corrected chi connectivity index (χ4v) is 2.41. The third-order valence-electron chi connectivity index (χ3n) is 2.64. The van der Waals surface area contributed by atoms with Gasteiger partial charge in [-0.05, 0) is 19.1 Å². The number of thioether (sulfide) groups is 1. The number of carbonyl (C=O) groups excluding carboxylic acids is 1. The van der Waals surface area contributed by atoms with E-state index >= 15 is 0 Å². The van der Waals surface area contributed by atoms with Crippen LogP contribution in [0, 0.1) is 0 Å². The van der Waals surface area contributed by atoms with Crippen molar-refractivity contribution in [1.82, 2.24) is 14.9 Å². The van der Waals surface area contributed by atoms with E-state index in [1.165, 1.54) is 22.8 Å². The number of nitrogens with two attached hydrogens (primary N) is 1. The van der Waals surface area contributed by atoms with E-state index in [9.17, 15) is 4.79 Å². The number of para-hydroxylation sites is 1. The zero-order valence-electron chi connectivity index (χ0n) is 10.7. The molecular formula is C12H15N5OS. The number of hydrogen-bond donors (Lipinski definition) is 1. The van der Waals surface area contributed by atoms with Gasteiger partial charge in [-0.2, -0.15) is 0 Å². The number of aromatic nitrogens is 3. The number of nitrogens with zero attached hydrogens (tertiary/aromatic N) is 4. The summed E-state index contributed by atoms with van der Waals surface area (Å²) in [4.78, 5) is 13.9. The van der Waals surface area contributed by atoms with Gasteiger partial charge in [0.15, 0.2) is 0 Å². The molecule has 1 amide bonds. The Morgan fingerprint density at radius 3 is 2.68 bits per heavy atom. The van der Waals surface area contributed by atoms with E-state index in [1.807, 2.05) is 37.3 Å². The van der Waals surface area contributed by atoms with Crippen LogP contribution in [0.15, 0.2) is 41.8 Å². The molecule has 1 aromatic heterocycles. The SMILES string of the molecule is C[C@H](Sc1nncn1N)C(=O)N(C)c1ccccc1. The predicted octanol–water partition coefficient (Wildman–Crippen LogP) is 1.14. The van der Waals surface area contributed by atoms with Gasteiger partial charge in [-0.1, -0.05) is 30.0 Å². The van der Waals surface area contributed by atoms with Crippen molar-refractivity contribution in [2.24, 2.45) is 0 Å². The Kier molecular flexibility index (Phi) is 4.06. The van der Waals surface area contributed by atoms with Gasteiger partial charge < -0.3 is 10.7 Å². The normalized spacial score (nSPS) is 12.1. The standard InChI is InChI=1S/C12H15N5OS/c1-9(19-12-15-14-8-17(12)13)11(18)16(2)10-6-4-3-5-7-10/h3-9H,13H2,1-2H3/t9-/m0/s1. The molecule has 0 radical (unpaired) electrons. The average Bonchev–Trinajstić information content (AvgIpc) is 2.83. The van der Waals surface area contributed by atoms with Crippen molar-refractivity contribution >= 4 is 23.4 Å². The van der Waals surface area contributed by atoms with Crippen LogP contribution in [0.2, 0.25) is 0 Å². The third-order valence-corrected chi connectivity index (χ3v) is 3.70. The fraction of sp³-hybridized carbons (Fsp3) is 0.250. The van der Waals surface area contributed by atoms with Crippen molar-refractivity contribution < 1.29 is 4.79 Å². The topological polar surface area (TPSA) is 77.0 Å². The maximum atomic E-state index is 12.3. The first-order chi connectivity index (χ1) is 9.09. The highest BCUT2D eigenvalue weighted by molar-refractivity contribution is 8.00. The Morgan fingerprint density at radius 1 is 1.42 bits per heavy atom. The summed E-state index contributed by atoms with van der Waals surface area (Å²) in [5.41, 5.74) is 0.856. The van der Waals surface area contributed by atoms with Crippen molar-refractivity contribution in [1.29, 1.82) is 0 Å². The molecule has 0 aliphatic heterocycles. The van der Waals surface area contributed by atoms with Gasteiger partial charge in [0.2, 0.25) is 11.1 Å². The van der Waals surface area contributed by atoms with Gasteiger partial charge in [0.05, 0.1) is 5.25 Å². The average molecular weight is 277 g/mol. The van der Waals surface area contributed by atoms with E-state index in [2.05, 4.69) is 10.2 Å². The molecule has 1 heterocycles. The smallest absolute Gasteiger partial charge is 0.240 e. The minimum Gasteiger partial charge on any atom is -0.336 e. The summed E-state index contributed by atoms with van der Waals surface area (Å²) >= 11 is 1.28. The van der Waals surface area contributed by atoms with Gasteiger partial charge in [0, 0.05) is 12.7 Å². The zero-order valence-corrected chi connectivity index (χ0v) is 11.5. The van der Waals surface area contributed by atoms with E-state index in [0.717, 1.165) is 5.69 Å². The van der Waals surface area contributed by atoms with Crippen molar-refractivity contribution in [3.8, 4) is 0 Å². The van der Waals surface area contributed by atoms with E-state index in [1.54, 1.807) is 11.9 Å². The molecule has 0 spiro atoms. The number of hydrogen-bond acceptors (Lipinski definition) is 5. The van der Waals surface area contributed by atoms with Crippen molar-refractivity contribution in [3.63, 3.8) is 0 Å². The van der Waals surface area contributed by atoms with Crippen LogP contribution in [0.1, 0.15) is 6.92 Å². The molecule has 6 nitrogen and oxygen atoms in total. The molecule has 0 saturated heterocycles. The maximum absolute atomic E-state index is 12.3. The molecular weight excluding hydrogens is 262 g/mol. The summed E-state index contributed by atoms with van der Waals surface area (Å²) in [6, 6.07) is 9.49. The number of rotatable bonds is 4. The van der Waals surface area contributed by atoms with E-state index in [-0.39, 0.29) is 11.2 Å². The first kappa shape index (κ1) is 13.4. The molecule has 1 atom stereocenters. The summed E-state index contributed by atoms with van der Waals surface area (Å²) in [5.74, 6) is 5.61. The lowest BCUT2D eigenvalue weighted by molar-refractivity contribution is -0.117. The summed E-state index contributed by atoms with van der Waals surface area (Å²) < 4.78 is 1.30. The highest BCUT2D eigenvalue weighted by Gasteiger charge is 2.21. The number of nitrogen functional groups attached to an aromatic ring is 1. The van der Waals surface area contributed by atoms with Gasteiger partial charge in [-0.15, -0.1) is 10.2 Å². The second-order valence-electron chi connectivity index (χ2n) is 4.01. The Bertz CT molecular complexity index is 556. The predicted molar refractivity (Wildman–Crippen MR) is 75.3 cm³/mol.